The molecular formula is C30H36N6O5. The topological polar surface area (TPSA) is 182 Å². The number of nitrogens with two attached hydrogens (primary N) is 1. The molecule has 4 atom stereocenters. The number of benzene rings is 2. The van der Waals surface area contributed by atoms with Crippen molar-refractivity contribution in [2.24, 2.45) is 11.7 Å². The van der Waals surface area contributed by atoms with Crippen molar-refractivity contribution in [3.8, 4) is 0 Å². The second-order valence-corrected chi connectivity index (χ2v) is 10.3. The Kier molecular flexibility index (Phi) is 9.41. The van der Waals surface area contributed by atoms with Crippen LogP contribution < -0.4 is 21.7 Å². The van der Waals surface area contributed by atoms with Gasteiger partial charge < -0.3 is 36.8 Å². The maximum Gasteiger partial charge on any atom is 0.326 e. The lowest BCUT2D eigenvalue weighted by molar-refractivity contribution is -0.143. The summed E-state index contributed by atoms with van der Waals surface area (Å²) in [6.45, 7) is 3.18. The van der Waals surface area contributed by atoms with Crippen molar-refractivity contribution in [3.63, 3.8) is 0 Å². The zero-order chi connectivity index (χ0) is 29.5. The fourth-order valence-corrected chi connectivity index (χ4v) is 4.84. The first-order valence-electron chi connectivity index (χ1n) is 13.6. The van der Waals surface area contributed by atoms with Gasteiger partial charge in [-0.2, -0.15) is 0 Å². The highest BCUT2D eigenvalue weighted by molar-refractivity contribution is 5.94. The lowest BCUT2D eigenvalue weighted by Gasteiger charge is -2.24. The summed E-state index contributed by atoms with van der Waals surface area (Å²) in [5.41, 5.74) is 9.59. The third-order valence-electron chi connectivity index (χ3n) is 7.40. The van der Waals surface area contributed by atoms with Gasteiger partial charge in [0.15, 0.2) is 0 Å². The lowest BCUT2D eigenvalue weighted by atomic mass is 9.98. The molecule has 0 fully saturated rings. The molecule has 11 nitrogen and oxygen atoms in total. The molecule has 3 amide bonds. The van der Waals surface area contributed by atoms with E-state index in [1.54, 1.807) is 13.1 Å². The van der Waals surface area contributed by atoms with Crippen molar-refractivity contribution in [2.75, 3.05) is 6.54 Å². The SMILES string of the molecule is CCC(C)C(NC(=O)C(Cc1c[nH]c2ccccc12)NC(=O)CNC(=O)C(N)Cc1c[nH]c2ccccc12)C(=O)O. The molecule has 0 aliphatic carbocycles. The molecule has 2 aromatic heterocycles. The molecule has 4 unspecified atom stereocenters. The Labute approximate surface area is 237 Å². The number of carboxylic acids is 1. The number of H-pyrrole nitrogens is 2. The number of nitrogens with one attached hydrogen (secondary N) is 5. The number of carboxylic acid groups (broad SMARTS) is 1. The zero-order valence-corrected chi connectivity index (χ0v) is 23.1. The predicted octanol–water partition coefficient (Wildman–Crippen LogP) is 1.98. The van der Waals surface area contributed by atoms with Crippen LogP contribution in [0.25, 0.3) is 21.8 Å². The molecule has 4 rings (SSSR count). The van der Waals surface area contributed by atoms with Crippen molar-refractivity contribution >= 4 is 45.5 Å². The van der Waals surface area contributed by atoms with Crippen LogP contribution in [0.4, 0.5) is 0 Å². The number of aromatic amines is 2. The van der Waals surface area contributed by atoms with E-state index in [0.717, 1.165) is 32.9 Å². The average Bonchev–Trinajstić information content (AvgIpc) is 3.57. The van der Waals surface area contributed by atoms with Crippen molar-refractivity contribution in [3.05, 3.63) is 72.1 Å². The zero-order valence-electron chi connectivity index (χ0n) is 23.1. The van der Waals surface area contributed by atoms with Crippen molar-refractivity contribution in [2.45, 2.75) is 51.2 Å². The number of rotatable bonds is 13. The Hall–Kier alpha value is -4.64. The molecule has 0 spiro atoms. The van der Waals surface area contributed by atoms with Gasteiger partial charge in [-0.05, 0) is 35.6 Å². The highest BCUT2D eigenvalue weighted by Crippen LogP contribution is 2.20. The minimum absolute atomic E-state index is 0.114. The number of fused-ring (bicyclic) bond motifs is 2. The van der Waals surface area contributed by atoms with E-state index in [0.29, 0.717) is 6.42 Å². The summed E-state index contributed by atoms with van der Waals surface area (Å²) in [5, 5.41) is 19.3. The third kappa shape index (κ3) is 7.12. The smallest absolute Gasteiger partial charge is 0.326 e. The highest BCUT2D eigenvalue weighted by atomic mass is 16.4. The first kappa shape index (κ1) is 29.3. The molecule has 0 aliphatic heterocycles. The molecule has 0 saturated heterocycles. The number of aliphatic carboxylic acids is 1. The quantitative estimate of drug-likeness (QED) is 0.131. The standard InChI is InChI=1S/C30H36N6O5/c1-3-17(2)27(30(40)41)36-29(39)25(13-19-15-33-24-11-7-5-9-21(19)24)35-26(37)16-34-28(38)22(31)12-18-14-32-23-10-6-4-8-20(18)23/h4-11,14-15,17,22,25,27,32-33H,3,12-13,16,31H2,1-2H3,(H,34,38)(H,35,37)(H,36,39)(H,40,41). The maximum atomic E-state index is 13.3. The van der Waals surface area contributed by atoms with E-state index in [9.17, 15) is 24.3 Å². The van der Waals surface area contributed by atoms with Crippen molar-refractivity contribution in [1.29, 1.82) is 0 Å². The number of para-hydroxylation sites is 2. The molecule has 11 heteroatoms. The van der Waals surface area contributed by atoms with Gasteiger partial charge in [0.05, 0.1) is 12.6 Å². The summed E-state index contributed by atoms with van der Waals surface area (Å²) in [7, 11) is 0. The molecule has 41 heavy (non-hydrogen) atoms. The fourth-order valence-electron chi connectivity index (χ4n) is 4.84. The second kappa shape index (κ2) is 13.1. The van der Waals surface area contributed by atoms with E-state index in [1.807, 2.05) is 61.7 Å². The molecule has 0 bridgehead atoms. The number of aromatic nitrogens is 2. The van der Waals surface area contributed by atoms with Crippen LogP contribution in [0.1, 0.15) is 31.4 Å². The van der Waals surface area contributed by atoms with Gasteiger partial charge in [0, 0.05) is 40.6 Å². The minimum Gasteiger partial charge on any atom is -0.480 e. The van der Waals surface area contributed by atoms with Gasteiger partial charge in [-0.25, -0.2) is 4.79 Å². The van der Waals surface area contributed by atoms with Crippen LogP contribution in [0.5, 0.6) is 0 Å². The van der Waals surface area contributed by atoms with E-state index in [2.05, 4.69) is 25.9 Å². The van der Waals surface area contributed by atoms with E-state index in [1.165, 1.54) is 0 Å². The monoisotopic (exact) mass is 560 g/mol. The summed E-state index contributed by atoms with van der Waals surface area (Å²) < 4.78 is 0. The lowest BCUT2D eigenvalue weighted by Crippen LogP contribution is -2.55. The predicted molar refractivity (Wildman–Crippen MR) is 156 cm³/mol. The average molecular weight is 561 g/mol. The summed E-state index contributed by atoms with van der Waals surface area (Å²) >= 11 is 0. The maximum absolute atomic E-state index is 13.3. The van der Waals surface area contributed by atoms with Gasteiger partial charge in [0.25, 0.3) is 0 Å². The number of amides is 3. The van der Waals surface area contributed by atoms with Crippen LogP contribution in [0.15, 0.2) is 60.9 Å². The largest absolute Gasteiger partial charge is 0.480 e. The number of hydrogen-bond acceptors (Lipinski definition) is 5. The van der Waals surface area contributed by atoms with Crippen LogP contribution in [0, 0.1) is 5.92 Å². The van der Waals surface area contributed by atoms with Gasteiger partial charge >= 0.3 is 5.97 Å². The van der Waals surface area contributed by atoms with Gasteiger partial charge in [0.2, 0.25) is 17.7 Å². The van der Waals surface area contributed by atoms with Gasteiger partial charge in [0.1, 0.15) is 12.1 Å². The first-order valence-corrected chi connectivity index (χ1v) is 13.6. The molecular weight excluding hydrogens is 524 g/mol. The number of carbonyl (C=O) groups excluding carboxylic acids is 3. The molecule has 8 N–H and O–H groups in total. The number of hydrogen-bond donors (Lipinski definition) is 7. The molecule has 216 valence electrons. The summed E-state index contributed by atoms with van der Waals surface area (Å²) in [4.78, 5) is 57.0. The first-order chi connectivity index (χ1) is 19.7. The fraction of sp³-hybridized carbons (Fsp3) is 0.333. The Morgan fingerprint density at radius 3 is 1.98 bits per heavy atom. The molecule has 2 aromatic carbocycles. The molecule has 0 radical (unpaired) electrons. The molecule has 0 aliphatic rings. The van der Waals surface area contributed by atoms with Gasteiger partial charge in [-0.15, -0.1) is 0 Å². The Morgan fingerprint density at radius 1 is 0.854 bits per heavy atom. The van der Waals surface area contributed by atoms with Crippen LogP contribution in [-0.2, 0) is 32.0 Å². The van der Waals surface area contributed by atoms with Crippen LogP contribution in [0.2, 0.25) is 0 Å². The Bertz CT molecular complexity index is 1540. The van der Waals surface area contributed by atoms with E-state index >= 15 is 0 Å². The van der Waals surface area contributed by atoms with E-state index in [-0.39, 0.29) is 18.8 Å². The Morgan fingerprint density at radius 2 is 1.41 bits per heavy atom. The summed E-state index contributed by atoms with van der Waals surface area (Å²) in [5.74, 6) is -3.21. The third-order valence-corrected chi connectivity index (χ3v) is 7.40. The van der Waals surface area contributed by atoms with Gasteiger partial charge in [-0.3, -0.25) is 14.4 Å². The normalized spacial score (nSPS) is 14.2. The molecule has 2 heterocycles. The van der Waals surface area contributed by atoms with E-state index < -0.39 is 48.4 Å². The molecule has 0 saturated carbocycles. The van der Waals surface area contributed by atoms with Crippen molar-refractivity contribution in [1.82, 2.24) is 25.9 Å². The van der Waals surface area contributed by atoms with Crippen molar-refractivity contribution < 1.29 is 24.3 Å². The second-order valence-electron chi connectivity index (χ2n) is 10.3. The minimum atomic E-state index is -1.15. The van der Waals surface area contributed by atoms with E-state index in [4.69, 9.17) is 5.73 Å². The summed E-state index contributed by atoms with van der Waals surface area (Å²) in [6, 6.07) is 12.1. The van der Waals surface area contributed by atoms with Crippen LogP contribution in [-0.4, -0.2) is 63.4 Å². The Balaban J connectivity index is 1.42. The highest BCUT2D eigenvalue weighted by Gasteiger charge is 2.30. The summed E-state index contributed by atoms with van der Waals surface area (Å²) in [6.07, 6.45) is 4.49. The van der Waals surface area contributed by atoms with Gasteiger partial charge in [-0.1, -0.05) is 56.7 Å². The van der Waals surface area contributed by atoms with Crippen LogP contribution in [0.3, 0.4) is 0 Å². The van der Waals surface area contributed by atoms with Crippen LogP contribution >= 0.6 is 0 Å². The number of carbonyl (C=O) groups is 4. The molecule has 4 aromatic rings.